The molecule has 0 aliphatic carbocycles. The topological polar surface area (TPSA) is 323 Å². The van der Waals surface area contributed by atoms with E-state index >= 15 is 0 Å². The molecule has 2 bridgehead atoms. The molecule has 3 heterocycles. The number of unbranched alkanes of at least 4 members (excludes halogenated alkanes) is 8. The minimum atomic E-state index is -1.44. The molecule has 6 N–H and O–H groups in total. The van der Waals surface area contributed by atoms with Gasteiger partial charge in [-0.05, 0) is 104 Å². The maximum Gasteiger partial charge on any atom is 0.408 e. The Hall–Kier alpha value is -6.49. The van der Waals surface area contributed by atoms with Gasteiger partial charge in [0.1, 0.15) is 62.7 Å². The van der Waals surface area contributed by atoms with Crippen molar-refractivity contribution in [2.45, 2.75) is 260 Å². The van der Waals surface area contributed by atoms with Gasteiger partial charge in [0.05, 0.1) is 31.5 Å². The molecule has 0 saturated heterocycles. The van der Waals surface area contributed by atoms with Crippen LogP contribution < -0.4 is 31.9 Å². The van der Waals surface area contributed by atoms with Crippen LogP contribution in [0.4, 0.5) is 4.79 Å². The number of nitrogens with one attached hydrogen (secondary N) is 6. The molecule has 0 aromatic carbocycles. The van der Waals surface area contributed by atoms with Gasteiger partial charge in [-0.15, -0.1) is 22.7 Å². The van der Waals surface area contributed by atoms with Gasteiger partial charge >= 0.3 is 24.0 Å². The molecule has 6 atom stereocenters. The Morgan fingerprint density at radius 2 is 1.41 bits per heavy atom. The number of aromatic nitrogens is 2. The largest absolute Gasteiger partial charge is 0.466 e. The van der Waals surface area contributed by atoms with Crippen molar-refractivity contribution < 1.29 is 71.7 Å². The van der Waals surface area contributed by atoms with E-state index in [1.165, 1.54) is 71.7 Å². The molecular formula is C70H110N8O15S4Si. The van der Waals surface area contributed by atoms with E-state index < -0.39 is 104 Å². The molecule has 3 rings (SSSR count). The number of carbonyl (C=O) groups is 11. The van der Waals surface area contributed by atoms with Gasteiger partial charge in [-0.1, -0.05) is 160 Å². The molecule has 23 nitrogen and oxygen atoms in total. The lowest BCUT2D eigenvalue weighted by atomic mass is 10.0. The predicted molar refractivity (Wildman–Crippen MR) is 392 cm³/mol. The fourth-order valence-corrected chi connectivity index (χ4v) is 12.8. The summed E-state index contributed by atoms with van der Waals surface area (Å²) in [7, 11) is -1.44. The number of alkyl carbamates (subject to hydrolysis) is 1. The molecule has 2 aromatic rings. The van der Waals surface area contributed by atoms with E-state index in [1.54, 1.807) is 106 Å². The summed E-state index contributed by atoms with van der Waals surface area (Å²) in [5.74, 6) is -4.56. The third-order valence-corrected chi connectivity index (χ3v) is 20.2. The van der Waals surface area contributed by atoms with Gasteiger partial charge in [0.25, 0.3) is 23.6 Å². The molecule has 28 heteroatoms. The first-order chi connectivity index (χ1) is 46.2. The number of nitrogens with zero attached hydrogens (tertiary/aromatic N) is 2. The number of thioether (sulfide) groups is 2. The highest BCUT2D eigenvalue weighted by Crippen LogP contribution is 2.23. The molecular weight excluding hydrogens is 1350 g/mol. The van der Waals surface area contributed by atoms with Gasteiger partial charge in [-0.25, -0.2) is 24.4 Å². The van der Waals surface area contributed by atoms with Gasteiger partial charge in [-0.2, -0.15) is 0 Å². The number of thiazole rings is 2. The quantitative estimate of drug-likeness (QED) is 0.00932. The monoisotopic (exact) mass is 1460 g/mol. The summed E-state index contributed by atoms with van der Waals surface area (Å²) in [4.78, 5) is 150. The Balaban J connectivity index is 0.000000693. The summed E-state index contributed by atoms with van der Waals surface area (Å²) in [6.45, 7) is 30.0. The van der Waals surface area contributed by atoms with Crippen molar-refractivity contribution in [1.82, 2.24) is 41.9 Å². The minimum Gasteiger partial charge on any atom is -0.466 e. The summed E-state index contributed by atoms with van der Waals surface area (Å²) in [6, 6.07) is -2.38. The number of hydrogen-bond donors (Lipinski definition) is 6. The maximum atomic E-state index is 13.6. The van der Waals surface area contributed by atoms with E-state index in [9.17, 15) is 52.7 Å². The first-order valence-corrected chi connectivity index (χ1v) is 41.6. The maximum absolute atomic E-state index is 13.6. The Morgan fingerprint density at radius 3 is 1.97 bits per heavy atom. The predicted octanol–water partition coefficient (Wildman–Crippen LogP) is 13.2. The lowest BCUT2D eigenvalue weighted by molar-refractivity contribution is -0.156. The molecule has 0 fully saturated rings. The van der Waals surface area contributed by atoms with E-state index in [4.69, 9.17) is 18.9 Å². The number of amides is 6. The summed E-state index contributed by atoms with van der Waals surface area (Å²) in [5.41, 5.74) is -0.666. The fourth-order valence-electron chi connectivity index (χ4n) is 8.90. The SMILES string of the molecule is C/C=C(\NC(=O)c1csc([C@@H](C)NC(=O)OC(C)(C)C)n1)C(=O)N[C@H](C(=O)O[C@H](/C=C/CCSC(=O)CCCCCCC)CC(=O)OCC[Si](C)(C)C)C(C)C.C/C=C1\NC(=O)c2csc(n2)[C@H](C)NC(=O)C[C@@H](/C=C/CCSC(=O)CCCCCCC)OC(=O)[C@H](C(C)C)NC1=O. The number of esters is 3. The van der Waals surface area contributed by atoms with Crippen LogP contribution in [0.25, 0.3) is 0 Å². The van der Waals surface area contributed by atoms with Crippen LogP contribution in [0.1, 0.15) is 236 Å². The van der Waals surface area contributed by atoms with Crippen LogP contribution >= 0.6 is 46.2 Å². The summed E-state index contributed by atoms with van der Waals surface area (Å²) >= 11 is 4.93. The highest BCUT2D eigenvalue weighted by molar-refractivity contribution is 8.13. The number of ether oxygens (including phenoxy) is 4. The van der Waals surface area contributed by atoms with E-state index in [-0.39, 0.29) is 64.3 Å². The zero-order valence-electron chi connectivity index (χ0n) is 60.5. The highest BCUT2D eigenvalue weighted by atomic mass is 32.2. The molecule has 0 spiro atoms. The molecule has 0 unspecified atom stereocenters. The second-order valence-electron chi connectivity index (χ2n) is 26.6. The van der Waals surface area contributed by atoms with Crippen LogP contribution in [-0.4, -0.2) is 130 Å². The van der Waals surface area contributed by atoms with Crippen molar-refractivity contribution in [2.75, 3.05) is 18.1 Å². The van der Waals surface area contributed by atoms with Gasteiger partial charge in [0.15, 0.2) is 10.2 Å². The average molecular weight is 1460 g/mol. The van der Waals surface area contributed by atoms with Crippen molar-refractivity contribution in [3.05, 3.63) is 80.0 Å². The zero-order chi connectivity index (χ0) is 73.5. The first-order valence-electron chi connectivity index (χ1n) is 34.2. The summed E-state index contributed by atoms with van der Waals surface area (Å²) < 4.78 is 22.3. The van der Waals surface area contributed by atoms with Gasteiger partial charge in [-0.3, -0.25) is 38.4 Å². The minimum absolute atomic E-state index is 0.0223. The lowest BCUT2D eigenvalue weighted by Gasteiger charge is -2.24. The van der Waals surface area contributed by atoms with Crippen molar-refractivity contribution in [1.29, 1.82) is 0 Å². The van der Waals surface area contributed by atoms with Crippen LogP contribution in [0.5, 0.6) is 0 Å². The van der Waals surface area contributed by atoms with Crippen molar-refractivity contribution in [3.63, 3.8) is 0 Å². The fraction of sp³-hybridized carbons (Fsp3) is 0.643. The van der Waals surface area contributed by atoms with Crippen molar-refractivity contribution in [3.8, 4) is 0 Å². The summed E-state index contributed by atoms with van der Waals surface area (Å²) in [6.07, 6.45) is 20.0. The van der Waals surface area contributed by atoms with Crippen molar-refractivity contribution in [2.24, 2.45) is 11.8 Å². The molecule has 6 amide bonds. The van der Waals surface area contributed by atoms with E-state index in [2.05, 4.69) is 75.4 Å². The van der Waals surface area contributed by atoms with E-state index in [0.717, 1.165) is 62.3 Å². The van der Waals surface area contributed by atoms with Crippen LogP contribution in [0.2, 0.25) is 25.7 Å². The third-order valence-electron chi connectivity index (χ3n) is 14.5. The first kappa shape index (κ1) is 87.6. The van der Waals surface area contributed by atoms with E-state index in [0.29, 0.717) is 47.2 Å². The molecule has 548 valence electrons. The van der Waals surface area contributed by atoms with Gasteiger partial charge < -0.3 is 50.8 Å². The number of hydrogen-bond acceptors (Lipinski definition) is 21. The number of carbonyl (C=O) groups excluding carboxylic acids is 11. The Labute approximate surface area is 598 Å². The molecule has 1 aliphatic heterocycles. The number of allylic oxidation sites excluding steroid dienone is 4. The van der Waals surface area contributed by atoms with E-state index in [1.807, 2.05) is 0 Å². The Bertz CT molecular complexity index is 3040. The number of cyclic esters (lactones) is 1. The lowest BCUT2D eigenvalue weighted by Crippen LogP contribution is -2.48. The third kappa shape index (κ3) is 37.1. The normalized spacial score (nSPS) is 17.2. The second-order valence-corrected chi connectivity index (χ2v) is 36.3. The average Bonchev–Trinajstić information content (AvgIpc) is 1.57. The molecule has 2 aromatic heterocycles. The van der Waals surface area contributed by atoms with Crippen molar-refractivity contribution >= 4 is 118 Å². The van der Waals surface area contributed by atoms with Crippen LogP contribution in [0, 0.1) is 11.8 Å². The van der Waals surface area contributed by atoms with Crippen LogP contribution in [0.3, 0.4) is 0 Å². The van der Waals surface area contributed by atoms with Crippen LogP contribution in [0.15, 0.2) is 58.6 Å². The molecule has 98 heavy (non-hydrogen) atoms. The van der Waals surface area contributed by atoms with Crippen LogP contribution in [-0.2, 0) is 57.3 Å². The highest BCUT2D eigenvalue weighted by Gasteiger charge is 2.33. The molecule has 0 saturated carbocycles. The Kier molecular flexibility index (Phi) is 41.8. The zero-order valence-corrected chi connectivity index (χ0v) is 64.8. The molecule has 1 aliphatic rings. The smallest absolute Gasteiger partial charge is 0.408 e. The second kappa shape index (κ2) is 46.8. The standard InChI is InChI=1S/C40H66N4O9S2Si.C30H44N4O6S2/c1-12-14-15-16-17-21-33(46)54-23-19-18-20-29(25-32(45)51-22-24-56(9,10)11)52-38(49)34(27(3)4)44-35(47)30(13-2)42-36(48)31-26-55-37(43-31)28(5)41-39(50)53-40(6,7)8;1-6-8-9-10-11-15-25(36)41-16-13-12-14-21-17-24(35)31-20(5)29-33-23(18-42-29)28(38)32-22(7-2)27(37)34-26(19(3)4)30(39)40-21/h13,18,20,26-29,34H,12,14-17,19,21-25H2,1-11H3,(H,41,50)(H,42,48)(H,44,47);7,12,14,18-21,26H,6,8-11,13,15-17H2,1-5H3,(H,31,35)(H,32,38)(H,34,37)/b20-18+,30-13-;14-12+,22-7-/t28-,29-,34+;20-,21+,26-/m10/s1. The Morgan fingerprint density at radius 1 is 0.796 bits per heavy atom. The number of fused-ring (bicyclic) bond motifs is 2. The number of rotatable bonds is 35. The van der Waals surface area contributed by atoms with Gasteiger partial charge in [0, 0.05) is 43.2 Å². The molecule has 0 radical (unpaired) electrons. The summed E-state index contributed by atoms with van der Waals surface area (Å²) in [5, 5.41) is 20.3. The van der Waals surface area contributed by atoms with Gasteiger partial charge in [0.2, 0.25) is 5.91 Å².